The first-order valence-electron chi connectivity index (χ1n) is 10.5. The van der Waals surface area contributed by atoms with Gasteiger partial charge in [-0.3, -0.25) is 9.67 Å². The van der Waals surface area contributed by atoms with Crippen LogP contribution in [0.2, 0.25) is 25.7 Å². The second-order valence-electron chi connectivity index (χ2n) is 9.08. The Balaban J connectivity index is 1.78. The van der Waals surface area contributed by atoms with E-state index in [0.29, 0.717) is 40.0 Å². The fourth-order valence-electron chi connectivity index (χ4n) is 3.47. The number of nitrogens with zero attached hydrogens (tertiary/aromatic N) is 6. The summed E-state index contributed by atoms with van der Waals surface area (Å²) < 4.78 is 50.1. The summed E-state index contributed by atoms with van der Waals surface area (Å²) in [5.74, 6) is -0.513. The smallest absolute Gasteiger partial charge is 0.280 e. The van der Waals surface area contributed by atoms with Gasteiger partial charge in [-0.1, -0.05) is 19.6 Å². The second-order valence-corrected chi connectivity index (χ2v) is 14.7. The molecular formula is C22H25F3N6OSi. The van der Waals surface area contributed by atoms with E-state index in [-0.39, 0.29) is 12.4 Å². The Hall–Kier alpha value is -3.05. The molecule has 4 aromatic heterocycles. The Morgan fingerprint density at radius 2 is 1.88 bits per heavy atom. The number of rotatable bonds is 8. The van der Waals surface area contributed by atoms with Gasteiger partial charge in [-0.25, -0.2) is 22.8 Å². The Morgan fingerprint density at radius 3 is 2.58 bits per heavy atom. The van der Waals surface area contributed by atoms with Gasteiger partial charge in [0, 0.05) is 56.2 Å². The zero-order valence-electron chi connectivity index (χ0n) is 18.9. The first kappa shape index (κ1) is 23.1. The van der Waals surface area contributed by atoms with Crippen molar-refractivity contribution in [1.29, 1.82) is 0 Å². The molecule has 4 heterocycles. The lowest BCUT2D eigenvalue weighted by molar-refractivity contribution is 0.0811. The Labute approximate surface area is 190 Å². The predicted octanol–water partition coefficient (Wildman–Crippen LogP) is 5.28. The first-order chi connectivity index (χ1) is 15.6. The highest BCUT2D eigenvalue weighted by Crippen LogP contribution is 2.37. The van der Waals surface area contributed by atoms with E-state index >= 15 is 0 Å². The van der Waals surface area contributed by atoms with E-state index in [4.69, 9.17) is 4.74 Å². The zero-order chi connectivity index (χ0) is 23.8. The van der Waals surface area contributed by atoms with Crippen LogP contribution in [-0.2, 0) is 18.5 Å². The average Bonchev–Trinajstić information content (AvgIpc) is 3.33. The number of alkyl halides is 2. The highest BCUT2D eigenvalue weighted by atomic mass is 28.3. The van der Waals surface area contributed by atoms with E-state index < -0.39 is 20.3 Å². The molecule has 0 bridgehead atoms. The number of fused-ring (bicyclic) bond motifs is 1. The van der Waals surface area contributed by atoms with E-state index in [1.807, 2.05) is 0 Å². The predicted molar refractivity (Wildman–Crippen MR) is 122 cm³/mol. The van der Waals surface area contributed by atoms with Crippen LogP contribution in [0.4, 0.5) is 13.2 Å². The van der Waals surface area contributed by atoms with Crippen LogP contribution in [0.1, 0.15) is 12.1 Å². The van der Waals surface area contributed by atoms with Crippen molar-refractivity contribution >= 4 is 19.1 Å². The van der Waals surface area contributed by atoms with Crippen LogP contribution in [0.5, 0.6) is 0 Å². The van der Waals surface area contributed by atoms with Gasteiger partial charge in [0.2, 0.25) is 0 Å². The molecule has 174 valence electrons. The number of halogens is 3. The molecule has 0 aliphatic rings. The third-order valence-electron chi connectivity index (χ3n) is 5.16. The number of pyridine rings is 2. The number of hydrogen-bond acceptors (Lipinski definition) is 5. The molecular weight excluding hydrogens is 449 g/mol. The van der Waals surface area contributed by atoms with Gasteiger partial charge in [-0.05, 0) is 18.2 Å². The van der Waals surface area contributed by atoms with Crippen molar-refractivity contribution in [2.24, 2.45) is 7.05 Å². The third kappa shape index (κ3) is 5.14. The van der Waals surface area contributed by atoms with Crippen molar-refractivity contribution in [3.8, 4) is 22.4 Å². The molecule has 0 spiro atoms. The van der Waals surface area contributed by atoms with E-state index in [0.717, 1.165) is 12.2 Å². The van der Waals surface area contributed by atoms with Gasteiger partial charge in [0.1, 0.15) is 23.9 Å². The highest BCUT2D eigenvalue weighted by Gasteiger charge is 2.22. The summed E-state index contributed by atoms with van der Waals surface area (Å²) in [5, 5.41) is 9.34. The van der Waals surface area contributed by atoms with Gasteiger partial charge in [-0.2, -0.15) is 10.2 Å². The van der Waals surface area contributed by atoms with Crippen molar-refractivity contribution in [2.45, 2.75) is 38.8 Å². The van der Waals surface area contributed by atoms with Gasteiger partial charge >= 0.3 is 0 Å². The van der Waals surface area contributed by atoms with E-state index in [9.17, 15) is 13.2 Å². The number of aromatic nitrogens is 6. The number of hydrogen-bond donors (Lipinski definition) is 0. The Bertz CT molecular complexity index is 1280. The molecule has 0 aromatic carbocycles. The van der Waals surface area contributed by atoms with Gasteiger partial charge < -0.3 is 4.74 Å². The lowest BCUT2D eigenvalue weighted by Crippen LogP contribution is -2.22. The normalized spacial score (nSPS) is 12.2. The first-order valence-corrected chi connectivity index (χ1v) is 14.2. The minimum absolute atomic E-state index is 0.112. The fraction of sp³-hybridized carbons (Fsp3) is 0.364. The van der Waals surface area contributed by atoms with Gasteiger partial charge in [0.15, 0.2) is 5.65 Å². The molecule has 0 atom stereocenters. The van der Waals surface area contributed by atoms with Gasteiger partial charge in [0.25, 0.3) is 6.43 Å². The quantitative estimate of drug-likeness (QED) is 0.257. The van der Waals surface area contributed by atoms with E-state index in [1.54, 1.807) is 24.1 Å². The molecule has 0 fully saturated rings. The lowest BCUT2D eigenvalue weighted by Gasteiger charge is -2.15. The molecule has 0 aliphatic carbocycles. The summed E-state index contributed by atoms with van der Waals surface area (Å²) in [6.07, 6.45) is 3.08. The molecule has 0 aliphatic heterocycles. The highest BCUT2D eigenvalue weighted by molar-refractivity contribution is 6.76. The summed E-state index contributed by atoms with van der Waals surface area (Å²) in [4.78, 5) is 8.04. The monoisotopic (exact) mass is 474 g/mol. The van der Waals surface area contributed by atoms with Crippen molar-refractivity contribution in [1.82, 2.24) is 29.5 Å². The molecule has 33 heavy (non-hydrogen) atoms. The number of ether oxygens (including phenoxy) is 1. The summed E-state index contributed by atoms with van der Waals surface area (Å²) in [5.41, 5.74) is 1.82. The Kier molecular flexibility index (Phi) is 6.35. The summed E-state index contributed by atoms with van der Waals surface area (Å²) in [6.45, 7) is 7.44. The standard InChI is InChI=1S/C22H25F3N6OSi/c1-30-12-18(20(29-30)14-7-15(23)10-26-9-14)16-8-19(21(24)25)28-22-17(16)11-27-31(22)13-32-5-6-33(2,3)4/h7-12,21H,5-6,13H2,1-4H3. The molecule has 0 unspecified atom stereocenters. The van der Waals surface area contributed by atoms with E-state index in [1.165, 1.54) is 23.0 Å². The molecule has 0 amide bonds. The molecule has 4 rings (SSSR count). The molecule has 4 aromatic rings. The molecule has 0 radical (unpaired) electrons. The van der Waals surface area contributed by atoms with Crippen molar-refractivity contribution in [3.63, 3.8) is 0 Å². The van der Waals surface area contributed by atoms with Crippen LogP contribution < -0.4 is 0 Å². The van der Waals surface area contributed by atoms with Gasteiger partial charge in [0.05, 0.1) is 12.4 Å². The van der Waals surface area contributed by atoms with Crippen molar-refractivity contribution in [2.75, 3.05) is 6.61 Å². The molecule has 11 heteroatoms. The average molecular weight is 475 g/mol. The second kappa shape index (κ2) is 9.06. The molecule has 0 N–H and O–H groups in total. The lowest BCUT2D eigenvalue weighted by atomic mass is 10.0. The topological polar surface area (TPSA) is 70.7 Å². The van der Waals surface area contributed by atoms with Crippen LogP contribution in [0, 0.1) is 5.82 Å². The maximum Gasteiger partial charge on any atom is 0.280 e. The Morgan fingerprint density at radius 1 is 1.09 bits per heavy atom. The molecule has 7 nitrogen and oxygen atoms in total. The van der Waals surface area contributed by atoms with E-state index in [2.05, 4.69) is 39.8 Å². The van der Waals surface area contributed by atoms with Crippen LogP contribution in [-0.4, -0.2) is 44.2 Å². The minimum Gasteiger partial charge on any atom is -0.359 e. The van der Waals surface area contributed by atoms with Crippen LogP contribution in [0.15, 0.2) is 36.9 Å². The zero-order valence-corrected chi connectivity index (χ0v) is 19.9. The maximum absolute atomic E-state index is 13.8. The van der Waals surface area contributed by atoms with Gasteiger partial charge in [-0.15, -0.1) is 0 Å². The minimum atomic E-state index is -2.78. The number of aryl methyl sites for hydroxylation is 1. The van der Waals surface area contributed by atoms with Crippen molar-refractivity contribution in [3.05, 3.63) is 48.4 Å². The summed E-state index contributed by atoms with van der Waals surface area (Å²) in [6, 6.07) is 3.62. The maximum atomic E-state index is 13.8. The van der Waals surface area contributed by atoms with Crippen LogP contribution in [0.25, 0.3) is 33.4 Å². The SMILES string of the molecule is Cn1cc(-c2cc(C(F)F)nc3c2cnn3COCC[Si](C)(C)C)c(-c2cncc(F)c2)n1. The fourth-order valence-corrected chi connectivity index (χ4v) is 4.22. The summed E-state index contributed by atoms with van der Waals surface area (Å²) >= 11 is 0. The van der Waals surface area contributed by atoms with Crippen molar-refractivity contribution < 1.29 is 17.9 Å². The largest absolute Gasteiger partial charge is 0.359 e. The molecule has 0 saturated heterocycles. The molecule has 0 saturated carbocycles. The summed E-state index contributed by atoms with van der Waals surface area (Å²) in [7, 11) is 0.450. The van der Waals surface area contributed by atoms with Crippen LogP contribution >= 0.6 is 0 Å². The van der Waals surface area contributed by atoms with Crippen LogP contribution in [0.3, 0.4) is 0 Å². The third-order valence-corrected chi connectivity index (χ3v) is 6.86.